The summed E-state index contributed by atoms with van der Waals surface area (Å²) in [4.78, 5) is 51.6. The molecule has 9 unspecified atom stereocenters. The topological polar surface area (TPSA) is 244 Å². The summed E-state index contributed by atoms with van der Waals surface area (Å²) in [6, 6.07) is -1.06. The van der Waals surface area contributed by atoms with Gasteiger partial charge in [0.05, 0.1) is 6.10 Å². The molecule has 1 saturated heterocycles. The molecule has 59 heavy (non-hydrogen) atoms. The van der Waals surface area contributed by atoms with E-state index in [1.54, 1.807) is 49.5 Å². The number of carboxylic acids is 1. The first-order valence-electron chi connectivity index (χ1n) is 20.4. The van der Waals surface area contributed by atoms with Crippen LogP contribution in [0, 0.1) is 17.8 Å². The number of aliphatic hydroxyl groups excluding tert-OH is 3. The van der Waals surface area contributed by atoms with Crippen LogP contribution in [0.4, 0.5) is 0 Å². The quantitative estimate of drug-likeness (QED) is 0.0136. The number of aliphatic hydroxyl groups is 3. The number of aliphatic carboxylic acids is 1. The SMILES string of the molecule is CC(=CC=C/C=C/C=C/C=CC(C)C(OC1OC(C(=O)O)C(O)C(O)C1O)C(C)=CC(C)CCCC=CC(C)CC=CCCCN=C(N)N)C(=O)NC1C(=O)CCC1=O. The van der Waals surface area contributed by atoms with Gasteiger partial charge >= 0.3 is 5.97 Å². The van der Waals surface area contributed by atoms with Crippen LogP contribution in [0.3, 0.4) is 0 Å². The van der Waals surface area contributed by atoms with Crippen LogP contribution in [0.5, 0.6) is 0 Å². The molecule has 1 aliphatic carbocycles. The molecule has 0 aromatic carbocycles. The zero-order valence-electron chi connectivity index (χ0n) is 35.1. The van der Waals surface area contributed by atoms with Crippen LogP contribution < -0.4 is 16.8 Å². The Labute approximate surface area is 348 Å². The highest BCUT2D eigenvalue weighted by Gasteiger charge is 2.48. The Bertz CT molecular complexity index is 1640. The number of aliphatic imine (C=N–C) groups is 1. The molecule has 0 bridgehead atoms. The molecule has 2 fully saturated rings. The Morgan fingerprint density at radius 1 is 0.847 bits per heavy atom. The maximum Gasteiger partial charge on any atom is 0.335 e. The van der Waals surface area contributed by atoms with E-state index in [1.165, 1.54) is 0 Å². The number of carboxylic acid groups (broad SMARTS) is 1. The number of nitrogens with two attached hydrogens (primary N) is 2. The van der Waals surface area contributed by atoms with Crippen LogP contribution in [-0.4, -0.2) is 99.2 Å². The normalized spacial score (nSPS) is 24.6. The van der Waals surface area contributed by atoms with Crippen LogP contribution in [0.2, 0.25) is 0 Å². The average molecular weight is 823 g/mol. The van der Waals surface area contributed by atoms with Crippen molar-refractivity contribution in [3.63, 3.8) is 0 Å². The van der Waals surface area contributed by atoms with Gasteiger partial charge < -0.3 is 46.7 Å². The molecule has 14 heteroatoms. The summed E-state index contributed by atoms with van der Waals surface area (Å²) in [6.07, 6.45) is 23.3. The maximum absolute atomic E-state index is 12.3. The number of hydrogen-bond donors (Lipinski definition) is 7. The highest BCUT2D eigenvalue weighted by Crippen LogP contribution is 2.29. The molecule has 0 spiro atoms. The van der Waals surface area contributed by atoms with Crippen molar-refractivity contribution in [1.29, 1.82) is 0 Å². The van der Waals surface area contributed by atoms with Gasteiger partial charge in [-0.15, -0.1) is 0 Å². The largest absolute Gasteiger partial charge is 0.479 e. The number of ether oxygens (including phenoxy) is 2. The highest BCUT2D eigenvalue weighted by atomic mass is 16.7. The van der Waals surface area contributed by atoms with Gasteiger partial charge in [-0.25, -0.2) is 4.79 Å². The van der Waals surface area contributed by atoms with Crippen molar-refractivity contribution in [1.82, 2.24) is 5.32 Å². The van der Waals surface area contributed by atoms with Crippen molar-refractivity contribution in [2.24, 2.45) is 34.2 Å². The van der Waals surface area contributed by atoms with Gasteiger partial charge in [-0.1, -0.05) is 106 Å². The summed E-state index contributed by atoms with van der Waals surface area (Å²) in [5.41, 5.74) is 11.9. The Morgan fingerprint density at radius 3 is 2.12 bits per heavy atom. The molecule has 1 aliphatic heterocycles. The zero-order valence-corrected chi connectivity index (χ0v) is 35.1. The Hall–Kier alpha value is -4.73. The number of allylic oxidation sites excluding steroid dienone is 13. The van der Waals surface area contributed by atoms with Gasteiger partial charge in [0.25, 0.3) is 0 Å². The molecule has 2 rings (SSSR count). The minimum absolute atomic E-state index is 0.118. The summed E-state index contributed by atoms with van der Waals surface area (Å²) in [5, 5.41) is 43.3. The third kappa shape index (κ3) is 18.8. The predicted molar refractivity (Wildman–Crippen MR) is 229 cm³/mol. The second-order valence-corrected chi connectivity index (χ2v) is 15.3. The molecule has 0 radical (unpaired) electrons. The Morgan fingerprint density at radius 2 is 1.47 bits per heavy atom. The lowest BCUT2D eigenvalue weighted by Gasteiger charge is -2.40. The van der Waals surface area contributed by atoms with E-state index >= 15 is 0 Å². The summed E-state index contributed by atoms with van der Waals surface area (Å²) in [6.45, 7) is 10.3. The summed E-state index contributed by atoms with van der Waals surface area (Å²) < 4.78 is 11.7. The number of hydrogen-bond acceptors (Lipinski definition) is 10. The van der Waals surface area contributed by atoms with E-state index in [0.717, 1.165) is 44.1 Å². The summed E-state index contributed by atoms with van der Waals surface area (Å²) >= 11 is 0. The fourth-order valence-corrected chi connectivity index (χ4v) is 6.45. The van der Waals surface area contributed by atoms with Gasteiger partial charge in [0.15, 0.2) is 29.9 Å². The number of rotatable bonds is 24. The molecular weight excluding hydrogens is 757 g/mol. The summed E-state index contributed by atoms with van der Waals surface area (Å²) in [5.74, 6) is -2.09. The lowest BCUT2D eigenvalue weighted by Crippen LogP contribution is -2.61. The fourth-order valence-electron chi connectivity index (χ4n) is 6.45. The molecular formula is C45H66N4O10. The van der Waals surface area contributed by atoms with E-state index in [4.69, 9.17) is 20.9 Å². The zero-order chi connectivity index (χ0) is 43.9. The van der Waals surface area contributed by atoms with Crippen molar-refractivity contribution >= 4 is 29.4 Å². The second kappa shape index (κ2) is 27.1. The van der Waals surface area contributed by atoms with Gasteiger partial charge in [0.2, 0.25) is 5.91 Å². The number of amides is 1. The monoisotopic (exact) mass is 822 g/mol. The van der Waals surface area contributed by atoms with Crippen molar-refractivity contribution in [2.45, 2.75) is 129 Å². The maximum atomic E-state index is 12.3. The van der Waals surface area contributed by atoms with Gasteiger partial charge in [-0.2, -0.15) is 0 Å². The first kappa shape index (κ1) is 50.4. The van der Waals surface area contributed by atoms with Gasteiger partial charge in [0.1, 0.15) is 24.4 Å². The Balaban J connectivity index is 2.01. The molecule has 1 heterocycles. The number of guanidine groups is 1. The van der Waals surface area contributed by atoms with E-state index in [0.29, 0.717) is 18.0 Å². The van der Waals surface area contributed by atoms with Crippen LogP contribution in [0.1, 0.15) is 86.0 Å². The number of carbonyl (C=O) groups is 4. The number of unbranched alkanes of at least 4 members (excludes halogenated alkanes) is 2. The highest BCUT2D eigenvalue weighted by molar-refractivity contribution is 6.15. The van der Waals surface area contributed by atoms with E-state index in [9.17, 15) is 39.6 Å². The second-order valence-electron chi connectivity index (χ2n) is 15.3. The number of nitrogens with zero attached hydrogens (tertiary/aromatic N) is 1. The lowest BCUT2D eigenvalue weighted by molar-refractivity contribution is -0.303. The van der Waals surface area contributed by atoms with Crippen LogP contribution in [-0.2, 0) is 28.7 Å². The van der Waals surface area contributed by atoms with Gasteiger partial charge in [-0.05, 0) is 69.8 Å². The minimum Gasteiger partial charge on any atom is -0.479 e. The van der Waals surface area contributed by atoms with E-state index < -0.39 is 54.7 Å². The fraction of sp³-hybridized carbons (Fsp3) is 0.533. The smallest absolute Gasteiger partial charge is 0.335 e. The van der Waals surface area contributed by atoms with E-state index in [2.05, 4.69) is 54.5 Å². The molecule has 2 aliphatic rings. The van der Waals surface area contributed by atoms with Crippen molar-refractivity contribution in [2.75, 3.05) is 6.54 Å². The standard InChI is InChI=1S/C45H66N4O10/c1-29(20-14-11-12-19-27-48-45(46)47)21-15-13-16-22-30(2)28-33(5)40(58-44-39(54)37(52)38(53)41(59-44)43(56)57)31(3)23-17-9-7-6-8-10-18-24-32(4)42(55)49-36-34(50)25-26-35(36)51/h6-11,14-15,17-18,21,23-24,28-31,36-41,44,52-54H,12-13,16,19-20,22,25-27H2,1-5H3,(H,49,55)(H,56,57)(H4,46,47,48)/b8-6+,9-7+,14-11?,18-10?,21-15?,23-17?,32-24?,33-28?. The number of nitrogens with one attached hydrogen (secondary N) is 1. The van der Waals surface area contributed by atoms with E-state index in [-0.39, 0.29) is 42.2 Å². The first-order chi connectivity index (χ1) is 28.0. The van der Waals surface area contributed by atoms with Gasteiger partial charge in [0, 0.05) is 30.9 Å². The predicted octanol–water partition coefficient (Wildman–Crippen LogP) is 4.43. The molecule has 14 nitrogen and oxygen atoms in total. The number of carbonyl (C=O) groups excluding carboxylic acids is 3. The lowest BCUT2D eigenvalue weighted by atomic mass is 9.92. The van der Waals surface area contributed by atoms with Crippen LogP contribution in [0.25, 0.3) is 0 Å². The summed E-state index contributed by atoms with van der Waals surface area (Å²) in [7, 11) is 0. The first-order valence-corrected chi connectivity index (χ1v) is 20.4. The van der Waals surface area contributed by atoms with Crippen molar-refractivity contribution < 1.29 is 49.1 Å². The number of ketones is 2. The van der Waals surface area contributed by atoms with Crippen molar-refractivity contribution in [3.8, 4) is 0 Å². The molecule has 326 valence electrons. The third-order valence-corrected chi connectivity index (χ3v) is 9.88. The van der Waals surface area contributed by atoms with Crippen LogP contribution >= 0.6 is 0 Å². The molecule has 1 saturated carbocycles. The molecule has 9 N–H and O–H groups in total. The van der Waals surface area contributed by atoms with Crippen molar-refractivity contribution in [3.05, 3.63) is 96.2 Å². The molecule has 0 aromatic heterocycles. The van der Waals surface area contributed by atoms with E-state index in [1.807, 2.05) is 26.0 Å². The Kier molecular flexibility index (Phi) is 23.2. The van der Waals surface area contributed by atoms with Crippen LogP contribution in [0.15, 0.2) is 101 Å². The average Bonchev–Trinajstić information content (AvgIpc) is 3.50. The van der Waals surface area contributed by atoms with Gasteiger partial charge in [-0.3, -0.25) is 19.4 Å². The number of Topliss-reactive ketones (excluding diaryl/α,β-unsaturated/α-hetero) is 2. The molecule has 1 amide bonds. The molecule has 9 atom stereocenters. The third-order valence-electron chi connectivity index (χ3n) is 9.88. The molecule has 0 aromatic rings. The minimum atomic E-state index is -1.83.